The lowest BCUT2D eigenvalue weighted by Gasteiger charge is -2.12. The fourth-order valence-corrected chi connectivity index (χ4v) is 2.13. The third-order valence-corrected chi connectivity index (χ3v) is 3.37. The molecular formula is C16H17N3O2. The summed E-state index contributed by atoms with van der Waals surface area (Å²) in [4.78, 5) is 12.4. The molecular weight excluding hydrogens is 266 g/mol. The highest BCUT2D eigenvalue weighted by Crippen LogP contribution is 2.22. The summed E-state index contributed by atoms with van der Waals surface area (Å²) < 4.78 is 6.74. The molecule has 3 rings (SSSR count). The van der Waals surface area contributed by atoms with Crippen LogP contribution >= 0.6 is 0 Å². The lowest BCUT2D eigenvalue weighted by atomic mass is 9.93. The molecule has 5 heteroatoms. The fraction of sp³-hybridized carbons (Fsp3) is 0.312. The number of hydrogen-bond acceptors (Lipinski definition) is 4. The molecule has 0 aliphatic heterocycles. The largest absolute Gasteiger partial charge is 0.361 e. The maximum atomic E-state index is 12.4. The minimum Gasteiger partial charge on any atom is -0.361 e. The molecule has 2 heterocycles. The molecule has 108 valence electrons. The monoisotopic (exact) mass is 283 g/mol. The molecule has 0 spiro atoms. The number of fused-ring (bicyclic) bond motifs is 1. The standard InChI is InChI=1S/C16H17N3O2/c1-16(2,3)14-8-12(18-21-14)10-19-15(20)13-7-5-4-6-11(13)9-17-19/h4-9H,10H2,1-3H3. The molecule has 0 amide bonds. The van der Waals surface area contributed by atoms with Gasteiger partial charge in [0.15, 0.2) is 0 Å². The number of nitrogens with zero attached hydrogens (tertiary/aromatic N) is 3. The Bertz CT molecular complexity index is 840. The van der Waals surface area contributed by atoms with Crippen LogP contribution in [0.15, 0.2) is 45.8 Å². The van der Waals surface area contributed by atoms with Crippen LogP contribution in [0.2, 0.25) is 0 Å². The summed E-state index contributed by atoms with van der Waals surface area (Å²) in [5.41, 5.74) is 0.478. The third kappa shape index (κ3) is 2.59. The summed E-state index contributed by atoms with van der Waals surface area (Å²) in [6, 6.07) is 9.30. The van der Waals surface area contributed by atoms with Crippen LogP contribution in [0.25, 0.3) is 10.8 Å². The van der Waals surface area contributed by atoms with E-state index in [2.05, 4.69) is 31.0 Å². The lowest BCUT2D eigenvalue weighted by molar-refractivity contribution is 0.324. The molecule has 0 saturated carbocycles. The highest BCUT2D eigenvalue weighted by molar-refractivity contribution is 5.80. The van der Waals surface area contributed by atoms with Gasteiger partial charge in [-0.25, -0.2) is 4.68 Å². The molecule has 0 N–H and O–H groups in total. The average molecular weight is 283 g/mol. The Morgan fingerprint density at radius 1 is 1.24 bits per heavy atom. The van der Waals surface area contributed by atoms with Crippen molar-refractivity contribution in [1.29, 1.82) is 0 Å². The summed E-state index contributed by atoms with van der Waals surface area (Å²) in [5, 5.41) is 9.72. The van der Waals surface area contributed by atoms with E-state index in [1.54, 1.807) is 12.3 Å². The highest BCUT2D eigenvalue weighted by atomic mass is 16.5. The Kier molecular flexibility index (Phi) is 3.12. The highest BCUT2D eigenvalue weighted by Gasteiger charge is 2.20. The third-order valence-electron chi connectivity index (χ3n) is 3.37. The lowest BCUT2D eigenvalue weighted by Crippen LogP contribution is -2.23. The van der Waals surface area contributed by atoms with Gasteiger partial charge in [0.05, 0.1) is 18.1 Å². The van der Waals surface area contributed by atoms with Crippen molar-refractivity contribution in [1.82, 2.24) is 14.9 Å². The summed E-state index contributed by atoms with van der Waals surface area (Å²) >= 11 is 0. The van der Waals surface area contributed by atoms with E-state index in [-0.39, 0.29) is 11.0 Å². The van der Waals surface area contributed by atoms with Gasteiger partial charge < -0.3 is 4.52 Å². The van der Waals surface area contributed by atoms with E-state index >= 15 is 0 Å². The Morgan fingerprint density at radius 3 is 2.71 bits per heavy atom. The van der Waals surface area contributed by atoms with E-state index in [1.807, 2.05) is 24.3 Å². The number of aromatic nitrogens is 3. The SMILES string of the molecule is CC(C)(C)c1cc(Cn2ncc3ccccc3c2=O)no1. The Balaban J connectivity index is 1.97. The van der Waals surface area contributed by atoms with E-state index in [9.17, 15) is 4.79 Å². The second-order valence-electron chi connectivity index (χ2n) is 6.13. The van der Waals surface area contributed by atoms with Crippen molar-refractivity contribution in [2.24, 2.45) is 0 Å². The van der Waals surface area contributed by atoms with Crippen LogP contribution in [-0.2, 0) is 12.0 Å². The van der Waals surface area contributed by atoms with Crippen LogP contribution in [0.4, 0.5) is 0 Å². The van der Waals surface area contributed by atoms with Gasteiger partial charge in [0.2, 0.25) is 0 Å². The van der Waals surface area contributed by atoms with Gasteiger partial charge in [0.25, 0.3) is 5.56 Å². The summed E-state index contributed by atoms with van der Waals surface area (Å²) in [6.45, 7) is 6.47. The first-order chi connectivity index (χ1) is 9.95. The van der Waals surface area contributed by atoms with Gasteiger partial charge in [-0.15, -0.1) is 0 Å². The van der Waals surface area contributed by atoms with Crippen molar-refractivity contribution in [2.45, 2.75) is 32.7 Å². The van der Waals surface area contributed by atoms with Crippen LogP contribution in [-0.4, -0.2) is 14.9 Å². The van der Waals surface area contributed by atoms with Crippen LogP contribution in [0.1, 0.15) is 32.2 Å². The molecule has 2 aromatic heterocycles. The Labute approximate surface area is 122 Å². The van der Waals surface area contributed by atoms with Gasteiger partial charge in [-0.1, -0.05) is 44.1 Å². The predicted molar refractivity (Wildman–Crippen MR) is 80.3 cm³/mol. The number of benzene rings is 1. The first kappa shape index (κ1) is 13.5. The van der Waals surface area contributed by atoms with Crippen LogP contribution in [0.5, 0.6) is 0 Å². The molecule has 0 bridgehead atoms. The molecule has 0 fully saturated rings. The van der Waals surface area contributed by atoms with Gasteiger partial charge in [0, 0.05) is 16.9 Å². The predicted octanol–water partition coefficient (Wildman–Crippen LogP) is 2.73. The molecule has 1 aromatic carbocycles. The molecule has 0 atom stereocenters. The minimum absolute atomic E-state index is 0.104. The molecule has 0 unspecified atom stereocenters. The zero-order chi connectivity index (χ0) is 15.0. The summed E-state index contributed by atoms with van der Waals surface area (Å²) in [5.74, 6) is 0.798. The van der Waals surface area contributed by atoms with E-state index in [0.29, 0.717) is 17.6 Å². The maximum Gasteiger partial charge on any atom is 0.274 e. The van der Waals surface area contributed by atoms with Crippen LogP contribution < -0.4 is 5.56 Å². The number of rotatable bonds is 2. The molecule has 5 nitrogen and oxygen atoms in total. The second-order valence-corrected chi connectivity index (χ2v) is 6.13. The van der Waals surface area contributed by atoms with Crippen molar-refractivity contribution < 1.29 is 4.52 Å². The summed E-state index contributed by atoms with van der Waals surface area (Å²) in [6.07, 6.45) is 1.70. The van der Waals surface area contributed by atoms with E-state index < -0.39 is 0 Å². The zero-order valence-corrected chi connectivity index (χ0v) is 12.3. The molecule has 0 saturated heterocycles. The fourth-order valence-electron chi connectivity index (χ4n) is 2.13. The van der Waals surface area contributed by atoms with E-state index in [0.717, 1.165) is 11.1 Å². The van der Waals surface area contributed by atoms with Gasteiger partial charge in [0.1, 0.15) is 11.5 Å². The van der Waals surface area contributed by atoms with Gasteiger partial charge in [-0.3, -0.25) is 4.79 Å². The smallest absolute Gasteiger partial charge is 0.274 e. The maximum absolute atomic E-state index is 12.4. The normalized spacial score (nSPS) is 12.0. The van der Waals surface area contributed by atoms with Crippen molar-refractivity contribution in [2.75, 3.05) is 0 Å². The second kappa shape index (κ2) is 4.84. The van der Waals surface area contributed by atoms with Crippen molar-refractivity contribution >= 4 is 10.8 Å². The minimum atomic E-state index is -0.117. The quantitative estimate of drug-likeness (QED) is 0.725. The average Bonchev–Trinajstić information content (AvgIpc) is 2.91. The van der Waals surface area contributed by atoms with Gasteiger partial charge in [-0.2, -0.15) is 5.10 Å². The summed E-state index contributed by atoms with van der Waals surface area (Å²) in [7, 11) is 0. The topological polar surface area (TPSA) is 60.9 Å². The molecule has 21 heavy (non-hydrogen) atoms. The van der Waals surface area contributed by atoms with Crippen LogP contribution in [0, 0.1) is 0 Å². The first-order valence-electron chi connectivity index (χ1n) is 6.86. The first-order valence-corrected chi connectivity index (χ1v) is 6.86. The Hall–Kier alpha value is -2.43. The Morgan fingerprint density at radius 2 is 2.00 bits per heavy atom. The van der Waals surface area contributed by atoms with Gasteiger partial charge >= 0.3 is 0 Å². The van der Waals surface area contributed by atoms with Crippen molar-refractivity contribution in [3.05, 3.63) is 58.3 Å². The van der Waals surface area contributed by atoms with Crippen LogP contribution in [0.3, 0.4) is 0 Å². The molecule has 3 aromatic rings. The molecule has 0 aliphatic rings. The van der Waals surface area contributed by atoms with E-state index in [4.69, 9.17) is 4.52 Å². The van der Waals surface area contributed by atoms with Crippen molar-refractivity contribution in [3.63, 3.8) is 0 Å². The van der Waals surface area contributed by atoms with Crippen molar-refractivity contribution in [3.8, 4) is 0 Å². The molecule has 0 aliphatic carbocycles. The molecule has 0 radical (unpaired) electrons. The zero-order valence-electron chi connectivity index (χ0n) is 12.3. The number of hydrogen-bond donors (Lipinski definition) is 0. The van der Waals surface area contributed by atoms with Gasteiger partial charge in [-0.05, 0) is 6.07 Å². The van der Waals surface area contributed by atoms with E-state index in [1.165, 1.54) is 4.68 Å².